The Labute approximate surface area is 132 Å². The molecule has 0 saturated carbocycles. The Hall–Kier alpha value is -1.84. The van der Waals surface area contributed by atoms with Crippen molar-refractivity contribution in [1.82, 2.24) is 5.32 Å². The van der Waals surface area contributed by atoms with Gasteiger partial charge in [0.15, 0.2) is 0 Å². The van der Waals surface area contributed by atoms with Gasteiger partial charge in [0.05, 0.1) is 6.61 Å². The van der Waals surface area contributed by atoms with E-state index in [4.69, 9.17) is 4.74 Å². The summed E-state index contributed by atoms with van der Waals surface area (Å²) in [5.74, 6) is -0.177. The molecule has 0 fully saturated rings. The fraction of sp³-hybridized carbons (Fsp3) is 0.556. The molecule has 0 aromatic carbocycles. The molecular weight excluding hydrogens is 278 g/mol. The van der Waals surface area contributed by atoms with Crippen molar-refractivity contribution < 1.29 is 14.3 Å². The summed E-state index contributed by atoms with van der Waals surface area (Å²) in [7, 11) is 0. The first-order valence-electron chi connectivity index (χ1n) is 7.92. The van der Waals surface area contributed by atoms with Gasteiger partial charge in [-0.05, 0) is 32.6 Å². The summed E-state index contributed by atoms with van der Waals surface area (Å²) < 4.78 is 5.23. The van der Waals surface area contributed by atoms with Crippen LogP contribution < -0.4 is 5.32 Å². The second-order valence-corrected chi connectivity index (χ2v) is 6.53. The highest BCUT2D eigenvalue weighted by molar-refractivity contribution is 6.02. The van der Waals surface area contributed by atoms with E-state index in [0.29, 0.717) is 30.9 Å². The highest BCUT2D eigenvalue weighted by Gasteiger charge is 2.38. The van der Waals surface area contributed by atoms with Gasteiger partial charge in [-0.15, -0.1) is 0 Å². The highest BCUT2D eigenvalue weighted by atomic mass is 16.5. The maximum Gasteiger partial charge on any atom is 0.334 e. The first-order valence-corrected chi connectivity index (χ1v) is 7.92. The van der Waals surface area contributed by atoms with Crippen molar-refractivity contribution in [2.45, 2.75) is 47.0 Å². The molecule has 1 amide bonds. The van der Waals surface area contributed by atoms with Gasteiger partial charge in [-0.25, -0.2) is 4.79 Å². The Bertz CT molecular complexity index is 581. The van der Waals surface area contributed by atoms with Crippen molar-refractivity contribution in [2.24, 2.45) is 11.8 Å². The number of carbonyl (C=O) groups is 2. The summed E-state index contributed by atoms with van der Waals surface area (Å²) in [4.78, 5) is 24.9. The zero-order chi connectivity index (χ0) is 16.4. The van der Waals surface area contributed by atoms with E-state index >= 15 is 0 Å². The van der Waals surface area contributed by atoms with Crippen LogP contribution in [0, 0.1) is 11.8 Å². The predicted octanol–water partition coefficient (Wildman–Crippen LogP) is 3.26. The molecule has 4 heteroatoms. The van der Waals surface area contributed by atoms with E-state index in [0.717, 1.165) is 28.8 Å². The third-order valence-corrected chi connectivity index (χ3v) is 4.18. The van der Waals surface area contributed by atoms with Gasteiger partial charge < -0.3 is 10.1 Å². The summed E-state index contributed by atoms with van der Waals surface area (Å²) in [5, 5.41) is 2.82. The first-order chi connectivity index (χ1) is 10.3. The number of ether oxygens (including phenoxy) is 1. The smallest absolute Gasteiger partial charge is 0.334 e. The number of nitrogens with one attached hydrogen (secondary N) is 1. The highest BCUT2D eigenvalue weighted by Crippen LogP contribution is 2.42. The molecule has 1 aliphatic heterocycles. The molecule has 1 aliphatic carbocycles. The van der Waals surface area contributed by atoms with Crippen LogP contribution >= 0.6 is 0 Å². The van der Waals surface area contributed by atoms with Gasteiger partial charge in [0, 0.05) is 29.2 Å². The number of rotatable bonds is 4. The Morgan fingerprint density at radius 1 is 1.41 bits per heavy atom. The van der Waals surface area contributed by atoms with Gasteiger partial charge in [-0.2, -0.15) is 0 Å². The molecule has 2 aliphatic rings. The third kappa shape index (κ3) is 3.16. The minimum Gasteiger partial charge on any atom is -0.463 e. The van der Waals surface area contributed by atoms with Gasteiger partial charge >= 0.3 is 5.97 Å². The molecular formula is C18H25NO3. The number of allylic oxidation sites excluding steroid dienone is 2. The predicted molar refractivity (Wildman–Crippen MR) is 85.8 cm³/mol. The normalized spacial score (nSPS) is 22.0. The Kier molecular flexibility index (Phi) is 4.89. The molecule has 0 radical (unpaired) electrons. The molecule has 1 heterocycles. The van der Waals surface area contributed by atoms with Crippen LogP contribution in [0.15, 0.2) is 34.6 Å². The maximum atomic E-state index is 12.5. The lowest BCUT2D eigenvalue weighted by Gasteiger charge is -2.34. The second-order valence-electron chi connectivity index (χ2n) is 6.53. The lowest BCUT2D eigenvalue weighted by Crippen LogP contribution is -2.37. The molecule has 1 unspecified atom stereocenters. The molecule has 0 aromatic rings. The molecule has 0 saturated heterocycles. The third-order valence-electron chi connectivity index (χ3n) is 4.18. The van der Waals surface area contributed by atoms with E-state index < -0.39 is 0 Å². The topological polar surface area (TPSA) is 55.4 Å². The van der Waals surface area contributed by atoms with Gasteiger partial charge in [-0.1, -0.05) is 31.6 Å². The van der Waals surface area contributed by atoms with Gasteiger partial charge in [0.25, 0.3) is 5.91 Å². The number of hydrogen-bond acceptors (Lipinski definition) is 3. The monoisotopic (exact) mass is 303 g/mol. The number of amides is 1. The van der Waals surface area contributed by atoms with Crippen molar-refractivity contribution in [1.29, 1.82) is 0 Å². The molecule has 1 atom stereocenters. The van der Waals surface area contributed by atoms with Crippen LogP contribution in [0.2, 0.25) is 0 Å². The number of carbonyl (C=O) groups excluding carboxylic acids is 2. The van der Waals surface area contributed by atoms with Crippen molar-refractivity contribution in [3.05, 3.63) is 34.6 Å². The zero-order valence-electron chi connectivity index (χ0n) is 13.9. The summed E-state index contributed by atoms with van der Waals surface area (Å²) in [5.41, 5.74) is 4.29. The quantitative estimate of drug-likeness (QED) is 0.811. The fourth-order valence-electron chi connectivity index (χ4n) is 3.44. The minimum absolute atomic E-state index is 0.105. The SMILES string of the molecule is C=C1CC2=C(C(=O)N1)C(CC(C)C)C(C(=O)OCC)=C(C)C2. The molecule has 2 rings (SSSR count). The van der Waals surface area contributed by atoms with Crippen LogP contribution in [0.3, 0.4) is 0 Å². The van der Waals surface area contributed by atoms with Crippen LogP contribution in [0.4, 0.5) is 0 Å². The molecule has 120 valence electrons. The van der Waals surface area contributed by atoms with Gasteiger partial charge in [0.2, 0.25) is 0 Å². The summed E-state index contributed by atoms with van der Waals surface area (Å²) >= 11 is 0. The molecule has 0 spiro atoms. The zero-order valence-corrected chi connectivity index (χ0v) is 13.9. The lowest BCUT2D eigenvalue weighted by atomic mass is 9.72. The molecule has 4 nitrogen and oxygen atoms in total. The van der Waals surface area contributed by atoms with Crippen molar-refractivity contribution in [2.75, 3.05) is 6.61 Å². The minimum atomic E-state index is -0.283. The van der Waals surface area contributed by atoms with E-state index in [1.807, 2.05) is 6.92 Å². The first kappa shape index (κ1) is 16.5. The molecule has 1 N–H and O–H groups in total. The van der Waals surface area contributed by atoms with Crippen molar-refractivity contribution in [3.8, 4) is 0 Å². The Balaban J connectivity index is 2.47. The standard InChI is InChI=1S/C18H25NO3/c1-6-22-18(21)15-11(4)8-13-9-12(5)19-17(20)16(13)14(15)7-10(2)3/h10,14H,5-9H2,1-4H3,(H,19,20). The van der Waals surface area contributed by atoms with E-state index in [1.165, 1.54) is 0 Å². The van der Waals surface area contributed by atoms with Crippen LogP contribution in [-0.4, -0.2) is 18.5 Å². The largest absolute Gasteiger partial charge is 0.463 e. The average Bonchev–Trinajstić information content (AvgIpc) is 2.36. The summed E-state index contributed by atoms with van der Waals surface area (Å²) in [6.07, 6.45) is 2.11. The Morgan fingerprint density at radius 2 is 2.09 bits per heavy atom. The number of esters is 1. The summed E-state index contributed by atoms with van der Waals surface area (Å²) in [6, 6.07) is 0. The molecule has 22 heavy (non-hydrogen) atoms. The Morgan fingerprint density at radius 3 is 2.68 bits per heavy atom. The van der Waals surface area contributed by atoms with E-state index in [2.05, 4.69) is 25.7 Å². The second kappa shape index (κ2) is 6.51. The average molecular weight is 303 g/mol. The number of hydrogen-bond donors (Lipinski definition) is 1. The van der Waals surface area contributed by atoms with Crippen molar-refractivity contribution >= 4 is 11.9 Å². The molecule has 0 aromatic heterocycles. The maximum absolute atomic E-state index is 12.5. The van der Waals surface area contributed by atoms with E-state index in [9.17, 15) is 9.59 Å². The van der Waals surface area contributed by atoms with Crippen LogP contribution in [0.5, 0.6) is 0 Å². The van der Waals surface area contributed by atoms with E-state index in [1.54, 1.807) is 6.92 Å². The van der Waals surface area contributed by atoms with Crippen molar-refractivity contribution in [3.63, 3.8) is 0 Å². The van der Waals surface area contributed by atoms with Crippen LogP contribution in [0.1, 0.15) is 47.0 Å². The lowest BCUT2D eigenvalue weighted by molar-refractivity contribution is -0.139. The summed E-state index contributed by atoms with van der Waals surface area (Å²) in [6.45, 7) is 12.2. The van der Waals surface area contributed by atoms with Gasteiger partial charge in [-0.3, -0.25) is 4.79 Å². The van der Waals surface area contributed by atoms with Crippen LogP contribution in [-0.2, 0) is 14.3 Å². The fourth-order valence-corrected chi connectivity index (χ4v) is 3.44. The van der Waals surface area contributed by atoms with Gasteiger partial charge in [0.1, 0.15) is 0 Å². The van der Waals surface area contributed by atoms with Crippen LogP contribution in [0.25, 0.3) is 0 Å². The van der Waals surface area contributed by atoms with E-state index in [-0.39, 0.29) is 17.8 Å². The molecule has 0 bridgehead atoms.